The monoisotopic (exact) mass is 266 g/mol. The molecule has 3 N–H and O–H groups in total. The smallest absolute Gasteiger partial charge is 0.287 e. The lowest BCUT2D eigenvalue weighted by molar-refractivity contribution is 0.0948. The van der Waals surface area contributed by atoms with Gasteiger partial charge in [-0.25, -0.2) is 5.84 Å². The molecule has 7 heteroatoms. The van der Waals surface area contributed by atoms with Crippen LogP contribution in [0.5, 0.6) is 0 Å². The second kappa shape index (κ2) is 6.63. The van der Waals surface area contributed by atoms with Crippen molar-refractivity contribution in [3.8, 4) is 0 Å². The van der Waals surface area contributed by atoms with E-state index in [0.717, 1.165) is 19.6 Å². The van der Waals surface area contributed by atoms with Crippen molar-refractivity contribution in [1.29, 1.82) is 0 Å². The van der Waals surface area contributed by atoms with Crippen LogP contribution in [0.2, 0.25) is 0 Å². The molecule has 1 amide bonds. The van der Waals surface area contributed by atoms with Crippen LogP contribution in [0.1, 0.15) is 43.1 Å². The first-order valence-electron chi connectivity index (χ1n) is 6.89. The van der Waals surface area contributed by atoms with E-state index in [9.17, 15) is 4.79 Å². The largest absolute Gasteiger partial charge is 0.299 e. The Balaban J connectivity index is 1.86. The van der Waals surface area contributed by atoms with Gasteiger partial charge in [-0.2, -0.15) is 0 Å². The third kappa shape index (κ3) is 3.51. The summed E-state index contributed by atoms with van der Waals surface area (Å²) in [4.78, 5) is 13.8. The predicted molar refractivity (Wildman–Crippen MR) is 71.2 cm³/mol. The molecule has 0 saturated heterocycles. The van der Waals surface area contributed by atoms with Gasteiger partial charge in [0.1, 0.15) is 0 Å². The van der Waals surface area contributed by atoms with Gasteiger partial charge in [0, 0.05) is 12.6 Å². The summed E-state index contributed by atoms with van der Waals surface area (Å²) in [7, 11) is 0. The Hall–Kier alpha value is -1.47. The summed E-state index contributed by atoms with van der Waals surface area (Å²) in [6, 6.07) is 0.709. The number of nitrogens with one attached hydrogen (secondary N) is 1. The zero-order valence-electron chi connectivity index (χ0n) is 11.4. The lowest BCUT2D eigenvalue weighted by Gasteiger charge is -2.27. The number of likely N-dealkylation sites (N-methyl/N-ethyl adjacent to an activating group) is 1. The molecule has 0 aromatic carbocycles. The van der Waals surface area contributed by atoms with Crippen molar-refractivity contribution in [1.82, 2.24) is 25.3 Å². The minimum Gasteiger partial charge on any atom is -0.299 e. The van der Waals surface area contributed by atoms with Crippen LogP contribution in [0.15, 0.2) is 6.20 Å². The predicted octanol–water partition coefficient (Wildman–Crippen LogP) is 0.146. The number of nitrogen functional groups attached to an aromatic ring is 1. The van der Waals surface area contributed by atoms with E-state index in [-0.39, 0.29) is 5.69 Å². The van der Waals surface area contributed by atoms with Crippen LogP contribution in [0.25, 0.3) is 0 Å². The van der Waals surface area contributed by atoms with Crippen LogP contribution in [0.3, 0.4) is 0 Å². The highest BCUT2D eigenvalue weighted by Gasteiger charge is 2.21. The molecule has 1 heterocycles. The number of carbonyl (C=O) groups excluding carboxylic acids is 1. The third-order valence-corrected chi connectivity index (χ3v) is 3.77. The maximum atomic E-state index is 11.3. The zero-order valence-corrected chi connectivity index (χ0v) is 11.4. The highest BCUT2D eigenvalue weighted by Crippen LogP contribution is 2.23. The first kappa shape index (κ1) is 14.0. The van der Waals surface area contributed by atoms with Crippen molar-refractivity contribution in [2.45, 2.75) is 45.2 Å². The van der Waals surface area contributed by atoms with Gasteiger partial charge in [0.05, 0.1) is 12.7 Å². The van der Waals surface area contributed by atoms with Gasteiger partial charge >= 0.3 is 0 Å². The lowest BCUT2D eigenvalue weighted by Crippen LogP contribution is -2.35. The Kier molecular flexibility index (Phi) is 4.86. The topological polar surface area (TPSA) is 89.1 Å². The Labute approximate surface area is 113 Å². The number of hydrazine groups is 1. The summed E-state index contributed by atoms with van der Waals surface area (Å²) < 4.78 is 1.70. The van der Waals surface area contributed by atoms with E-state index in [2.05, 4.69) is 27.6 Å². The Morgan fingerprint density at radius 1 is 1.58 bits per heavy atom. The molecule has 1 aromatic heterocycles. The van der Waals surface area contributed by atoms with Crippen LogP contribution in [-0.2, 0) is 6.54 Å². The first-order valence-corrected chi connectivity index (χ1v) is 6.89. The number of hydrogen-bond acceptors (Lipinski definition) is 5. The highest BCUT2D eigenvalue weighted by molar-refractivity contribution is 5.91. The Morgan fingerprint density at radius 3 is 2.95 bits per heavy atom. The van der Waals surface area contributed by atoms with Gasteiger partial charge in [-0.05, 0) is 19.4 Å². The number of aromatic nitrogens is 3. The summed E-state index contributed by atoms with van der Waals surface area (Å²) in [6.45, 7) is 4.92. The van der Waals surface area contributed by atoms with E-state index in [0.29, 0.717) is 6.04 Å². The van der Waals surface area contributed by atoms with E-state index in [1.165, 1.54) is 25.7 Å². The number of nitrogens with zero attached hydrogens (tertiary/aromatic N) is 4. The van der Waals surface area contributed by atoms with Crippen molar-refractivity contribution >= 4 is 5.91 Å². The quantitative estimate of drug-likeness (QED) is 0.434. The number of amides is 1. The van der Waals surface area contributed by atoms with Crippen LogP contribution >= 0.6 is 0 Å². The van der Waals surface area contributed by atoms with E-state index in [1.807, 2.05) is 0 Å². The summed E-state index contributed by atoms with van der Waals surface area (Å²) >= 11 is 0. The molecule has 1 saturated carbocycles. The molecule has 2 rings (SSSR count). The number of hydrogen-bond donors (Lipinski definition) is 2. The van der Waals surface area contributed by atoms with Crippen molar-refractivity contribution in [3.63, 3.8) is 0 Å². The molecule has 7 nitrogen and oxygen atoms in total. The fourth-order valence-corrected chi connectivity index (χ4v) is 2.68. The van der Waals surface area contributed by atoms with Gasteiger partial charge in [-0.15, -0.1) is 5.10 Å². The minimum atomic E-state index is -0.408. The van der Waals surface area contributed by atoms with Crippen molar-refractivity contribution in [2.24, 2.45) is 5.84 Å². The molecule has 0 atom stereocenters. The second-order valence-electron chi connectivity index (χ2n) is 4.91. The lowest BCUT2D eigenvalue weighted by atomic mass is 10.2. The first-order chi connectivity index (χ1) is 9.24. The highest BCUT2D eigenvalue weighted by atomic mass is 16.2. The third-order valence-electron chi connectivity index (χ3n) is 3.77. The molecular formula is C12H22N6O. The number of nitrogens with two attached hydrogens (primary N) is 1. The van der Waals surface area contributed by atoms with E-state index >= 15 is 0 Å². The fourth-order valence-electron chi connectivity index (χ4n) is 2.68. The number of rotatable bonds is 6. The Bertz CT molecular complexity index is 412. The van der Waals surface area contributed by atoms with Gasteiger partial charge in [0.25, 0.3) is 5.91 Å². The molecule has 106 valence electrons. The minimum absolute atomic E-state index is 0.256. The SMILES string of the molecule is CCN(CCn1cc(C(=O)NN)nn1)C1CCCC1. The number of carbonyl (C=O) groups is 1. The molecule has 1 aliphatic carbocycles. The molecule has 1 aliphatic rings. The molecule has 1 aromatic rings. The summed E-state index contributed by atoms with van der Waals surface area (Å²) in [5.41, 5.74) is 2.31. The van der Waals surface area contributed by atoms with Gasteiger partial charge in [0.2, 0.25) is 0 Å². The summed E-state index contributed by atoms with van der Waals surface area (Å²) in [5, 5.41) is 7.73. The van der Waals surface area contributed by atoms with E-state index < -0.39 is 5.91 Å². The molecule has 1 fully saturated rings. The van der Waals surface area contributed by atoms with Crippen molar-refractivity contribution in [3.05, 3.63) is 11.9 Å². The van der Waals surface area contributed by atoms with Crippen LogP contribution in [-0.4, -0.2) is 44.9 Å². The fraction of sp³-hybridized carbons (Fsp3) is 0.750. The van der Waals surface area contributed by atoms with Crippen LogP contribution in [0.4, 0.5) is 0 Å². The Morgan fingerprint density at radius 2 is 2.32 bits per heavy atom. The van der Waals surface area contributed by atoms with Gasteiger partial charge < -0.3 is 0 Å². The molecule has 19 heavy (non-hydrogen) atoms. The van der Waals surface area contributed by atoms with Crippen LogP contribution < -0.4 is 11.3 Å². The molecule has 0 unspecified atom stereocenters. The second-order valence-corrected chi connectivity index (χ2v) is 4.91. The summed E-state index contributed by atoms with van der Waals surface area (Å²) in [6.07, 6.45) is 6.90. The molecule has 0 radical (unpaired) electrons. The van der Waals surface area contributed by atoms with Gasteiger partial charge in [-0.3, -0.25) is 19.8 Å². The van der Waals surface area contributed by atoms with Gasteiger partial charge in [-0.1, -0.05) is 25.0 Å². The average Bonchev–Trinajstić information content (AvgIpc) is 3.09. The molecular weight excluding hydrogens is 244 g/mol. The van der Waals surface area contributed by atoms with E-state index in [4.69, 9.17) is 5.84 Å². The molecule has 0 aliphatic heterocycles. The molecule has 0 spiro atoms. The normalized spacial score (nSPS) is 16.2. The average molecular weight is 266 g/mol. The zero-order chi connectivity index (χ0) is 13.7. The van der Waals surface area contributed by atoms with Crippen molar-refractivity contribution < 1.29 is 4.79 Å². The van der Waals surface area contributed by atoms with Crippen molar-refractivity contribution in [2.75, 3.05) is 13.1 Å². The summed E-state index contributed by atoms with van der Waals surface area (Å²) in [5.74, 6) is 4.65. The standard InChI is InChI=1S/C12H22N6O/c1-2-17(10-5-3-4-6-10)7-8-18-9-11(15-16-18)12(19)14-13/h9-10H,2-8,13H2,1H3,(H,14,19). The molecule has 0 bridgehead atoms. The van der Waals surface area contributed by atoms with Gasteiger partial charge in [0.15, 0.2) is 5.69 Å². The van der Waals surface area contributed by atoms with E-state index in [1.54, 1.807) is 10.9 Å². The van der Waals surface area contributed by atoms with Crippen LogP contribution in [0, 0.1) is 0 Å². The maximum absolute atomic E-state index is 11.3. The maximum Gasteiger partial charge on any atom is 0.287 e.